The number of primary amides is 1. The number of halogens is 4. The molecule has 0 spiro atoms. The van der Waals surface area contributed by atoms with Crippen molar-refractivity contribution >= 4 is 23.2 Å². The number of nitrogens with zero attached hydrogens (tertiary/aromatic N) is 2. The quantitative estimate of drug-likeness (QED) is 0.560. The van der Waals surface area contributed by atoms with Gasteiger partial charge in [0, 0.05) is 12.1 Å². The zero-order valence-electron chi connectivity index (χ0n) is 15.3. The van der Waals surface area contributed by atoms with Crippen molar-refractivity contribution in [1.29, 1.82) is 0 Å². The SMILES string of the molecule is NC(=O)c1cc(F)c(NC2CCCCC2N)nc1Nc1ccc(C(F)(F)F)nc1. The van der Waals surface area contributed by atoms with Gasteiger partial charge in [0.1, 0.15) is 11.5 Å². The van der Waals surface area contributed by atoms with Crippen molar-refractivity contribution in [2.45, 2.75) is 43.9 Å². The molecule has 3 rings (SSSR count). The van der Waals surface area contributed by atoms with Gasteiger partial charge in [-0.1, -0.05) is 12.8 Å². The standard InChI is InChI=1S/C18H20F4N6O/c19-11-7-10(15(24)29)16(26-9-5-6-14(25-8-9)18(20,21)22)28-17(11)27-13-4-2-1-3-12(13)23/h5-8,12-13H,1-4,23H2,(H2,24,29)(H2,26,27,28). The smallest absolute Gasteiger partial charge is 0.365 e. The van der Waals surface area contributed by atoms with E-state index in [-0.39, 0.29) is 35.0 Å². The van der Waals surface area contributed by atoms with Crippen molar-refractivity contribution in [2.75, 3.05) is 10.6 Å². The second-order valence-corrected chi connectivity index (χ2v) is 6.83. The summed E-state index contributed by atoms with van der Waals surface area (Å²) in [5.74, 6) is -1.96. The summed E-state index contributed by atoms with van der Waals surface area (Å²) in [5.41, 5.74) is 10.2. The zero-order chi connectivity index (χ0) is 21.2. The summed E-state index contributed by atoms with van der Waals surface area (Å²) in [5, 5.41) is 5.62. The molecule has 0 aromatic carbocycles. The van der Waals surface area contributed by atoms with Crippen LogP contribution in [-0.2, 0) is 6.18 Å². The predicted octanol–water partition coefficient (Wildman–Crippen LogP) is 3.16. The first-order valence-electron chi connectivity index (χ1n) is 8.98. The van der Waals surface area contributed by atoms with Gasteiger partial charge in [-0.25, -0.2) is 14.4 Å². The van der Waals surface area contributed by atoms with Crippen LogP contribution in [0, 0.1) is 5.82 Å². The van der Waals surface area contributed by atoms with E-state index in [1.54, 1.807) is 0 Å². The Morgan fingerprint density at radius 3 is 2.48 bits per heavy atom. The number of amides is 1. The monoisotopic (exact) mass is 412 g/mol. The lowest BCUT2D eigenvalue weighted by atomic mass is 9.91. The van der Waals surface area contributed by atoms with E-state index >= 15 is 0 Å². The molecule has 2 atom stereocenters. The minimum absolute atomic E-state index is 0.104. The topological polar surface area (TPSA) is 119 Å². The van der Waals surface area contributed by atoms with E-state index in [0.717, 1.165) is 50.1 Å². The second-order valence-electron chi connectivity index (χ2n) is 6.83. The minimum atomic E-state index is -4.58. The van der Waals surface area contributed by atoms with Crippen LogP contribution in [0.25, 0.3) is 0 Å². The van der Waals surface area contributed by atoms with E-state index < -0.39 is 23.6 Å². The third-order valence-corrected chi connectivity index (χ3v) is 4.70. The van der Waals surface area contributed by atoms with E-state index in [9.17, 15) is 22.4 Å². The number of hydrogen-bond donors (Lipinski definition) is 4. The van der Waals surface area contributed by atoms with Crippen LogP contribution in [0.4, 0.5) is 34.9 Å². The number of anilines is 3. The third-order valence-electron chi connectivity index (χ3n) is 4.70. The summed E-state index contributed by atoms with van der Waals surface area (Å²) < 4.78 is 52.4. The Bertz CT molecular complexity index is 887. The maximum absolute atomic E-state index is 14.5. The number of rotatable bonds is 5. The molecule has 2 aromatic heterocycles. The van der Waals surface area contributed by atoms with Crippen molar-refractivity contribution in [3.8, 4) is 0 Å². The Morgan fingerprint density at radius 2 is 1.90 bits per heavy atom. The molecule has 1 aliphatic rings. The summed E-state index contributed by atoms with van der Waals surface area (Å²) >= 11 is 0. The van der Waals surface area contributed by atoms with Crippen LogP contribution in [-0.4, -0.2) is 28.0 Å². The maximum Gasteiger partial charge on any atom is 0.433 e. The Kier molecular flexibility index (Phi) is 5.87. The minimum Gasteiger partial charge on any atom is -0.365 e. The van der Waals surface area contributed by atoms with Gasteiger partial charge in [-0.2, -0.15) is 13.2 Å². The van der Waals surface area contributed by atoms with E-state index in [2.05, 4.69) is 20.6 Å². The Morgan fingerprint density at radius 1 is 1.17 bits per heavy atom. The highest BCUT2D eigenvalue weighted by Gasteiger charge is 2.32. The maximum atomic E-state index is 14.5. The highest BCUT2D eigenvalue weighted by Crippen LogP contribution is 2.29. The van der Waals surface area contributed by atoms with Gasteiger partial charge in [0.25, 0.3) is 5.91 Å². The number of hydrogen-bond acceptors (Lipinski definition) is 6. The lowest BCUT2D eigenvalue weighted by molar-refractivity contribution is -0.141. The van der Waals surface area contributed by atoms with Crippen molar-refractivity contribution in [3.63, 3.8) is 0 Å². The van der Waals surface area contributed by atoms with Crippen LogP contribution >= 0.6 is 0 Å². The molecule has 2 aromatic rings. The van der Waals surface area contributed by atoms with Crippen LogP contribution in [0.5, 0.6) is 0 Å². The highest BCUT2D eigenvalue weighted by molar-refractivity contribution is 5.98. The molecule has 0 radical (unpaired) electrons. The molecule has 156 valence electrons. The normalized spacial score (nSPS) is 19.6. The molecule has 1 saturated carbocycles. The lowest BCUT2D eigenvalue weighted by Gasteiger charge is -2.30. The number of alkyl halides is 3. The lowest BCUT2D eigenvalue weighted by Crippen LogP contribution is -2.43. The van der Waals surface area contributed by atoms with Crippen LogP contribution in [0.2, 0.25) is 0 Å². The van der Waals surface area contributed by atoms with Gasteiger partial charge < -0.3 is 22.1 Å². The molecule has 2 unspecified atom stereocenters. The van der Waals surface area contributed by atoms with Crippen LogP contribution in [0.15, 0.2) is 24.4 Å². The molecule has 0 aliphatic heterocycles. The molecule has 11 heteroatoms. The molecule has 2 heterocycles. The largest absolute Gasteiger partial charge is 0.433 e. The third kappa shape index (κ3) is 4.91. The van der Waals surface area contributed by atoms with Gasteiger partial charge in [-0.05, 0) is 31.0 Å². The molecule has 1 amide bonds. The fraction of sp³-hybridized carbons (Fsp3) is 0.389. The molecule has 29 heavy (non-hydrogen) atoms. The molecular formula is C18H20F4N6O. The van der Waals surface area contributed by atoms with Crippen LogP contribution < -0.4 is 22.1 Å². The van der Waals surface area contributed by atoms with Gasteiger partial charge in [0.15, 0.2) is 11.6 Å². The molecule has 1 fully saturated rings. The molecule has 0 bridgehead atoms. The summed E-state index contributed by atoms with van der Waals surface area (Å²) in [4.78, 5) is 19.1. The molecule has 0 saturated heterocycles. The average molecular weight is 412 g/mol. The Balaban J connectivity index is 1.88. The fourth-order valence-electron chi connectivity index (χ4n) is 3.16. The molecule has 6 N–H and O–H groups in total. The number of carbonyl (C=O) groups excluding carboxylic acids is 1. The van der Waals surface area contributed by atoms with Gasteiger partial charge >= 0.3 is 6.18 Å². The van der Waals surface area contributed by atoms with Gasteiger partial charge in [0.2, 0.25) is 0 Å². The van der Waals surface area contributed by atoms with Gasteiger partial charge in [0.05, 0.1) is 17.4 Å². The van der Waals surface area contributed by atoms with Crippen LogP contribution in [0.1, 0.15) is 41.7 Å². The number of carbonyl (C=O) groups is 1. The van der Waals surface area contributed by atoms with E-state index in [1.807, 2.05) is 0 Å². The Labute approximate surface area is 163 Å². The van der Waals surface area contributed by atoms with Crippen molar-refractivity contribution in [3.05, 3.63) is 41.5 Å². The van der Waals surface area contributed by atoms with E-state index in [1.165, 1.54) is 0 Å². The predicted molar refractivity (Wildman–Crippen MR) is 99.1 cm³/mol. The first-order chi connectivity index (χ1) is 13.6. The number of pyridine rings is 2. The number of nitrogens with two attached hydrogens (primary N) is 2. The Hall–Kier alpha value is -2.95. The summed E-state index contributed by atoms with van der Waals surface area (Å²) in [6.45, 7) is 0. The van der Waals surface area contributed by atoms with Gasteiger partial charge in [-0.15, -0.1) is 0 Å². The average Bonchev–Trinajstić information content (AvgIpc) is 2.65. The molecular weight excluding hydrogens is 392 g/mol. The van der Waals surface area contributed by atoms with E-state index in [4.69, 9.17) is 11.5 Å². The van der Waals surface area contributed by atoms with Crippen molar-refractivity contribution < 1.29 is 22.4 Å². The van der Waals surface area contributed by atoms with Gasteiger partial charge in [-0.3, -0.25) is 4.79 Å². The van der Waals surface area contributed by atoms with Crippen LogP contribution in [0.3, 0.4) is 0 Å². The summed E-state index contributed by atoms with van der Waals surface area (Å²) in [6, 6.07) is 2.46. The van der Waals surface area contributed by atoms with Crippen molar-refractivity contribution in [2.24, 2.45) is 11.5 Å². The zero-order valence-corrected chi connectivity index (χ0v) is 15.3. The molecule has 7 nitrogen and oxygen atoms in total. The van der Waals surface area contributed by atoms with E-state index in [0.29, 0.717) is 0 Å². The first kappa shape index (κ1) is 20.8. The highest BCUT2D eigenvalue weighted by atomic mass is 19.4. The fourth-order valence-corrected chi connectivity index (χ4v) is 3.16. The number of aromatic nitrogens is 2. The molecule has 1 aliphatic carbocycles. The first-order valence-corrected chi connectivity index (χ1v) is 8.98. The number of nitrogens with one attached hydrogen (secondary N) is 2. The van der Waals surface area contributed by atoms with Crippen molar-refractivity contribution in [1.82, 2.24) is 9.97 Å². The second kappa shape index (κ2) is 8.19. The summed E-state index contributed by atoms with van der Waals surface area (Å²) in [6.07, 6.45) is -0.186. The summed E-state index contributed by atoms with van der Waals surface area (Å²) in [7, 11) is 0.